The number of aliphatic hydroxyl groups is 1. The van der Waals surface area contributed by atoms with Gasteiger partial charge in [0.1, 0.15) is 0 Å². The summed E-state index contributed by atoms with van der Waals surface area (Å²) in [5.74, 6) is 0. The first-order valence-corrected chi connectivity index (χ1v) is 3.54. The van der Waals surface area contributed by atoms with Gasteiger partial charge in [-0.3, -0.25) is 0 Å². The van der Waals surface area contributed by atoms with Crippen molar-refractivity contribution >= 4 is 0 Å². The molecule has 0 aliphatic heterocycles. The summed E-state index contributed by atoms with van der Waals surface area (Å²) in [4.78, 5) is 2.57. The van der Waals surface area contributed by atoms with Crippen LogP contribution in [-0.2, 0) is 4.74 Å². The summed E-state index contributed by atoms with van der Waals surface area (Å²) in [5.41, 5.74) is 7.90. The lowest BCUT2D eigenvalue weighted by Gasteiger charge is -2.09. The number of nitrogens with zero attached hydrogens (tertiary/aromatic N) is 3. The highest BCUT2D eigenvalue weighted by atomic mass is 16.5. The molecule has 0 amide bonds. The molecular formula is C6H13N3O2. The van der Waals surface area contributed by atoms with E-state index in [-0.39, 0.29) is 12.7 Å². The van der Waals surface area contributed by atoms with E-state index in [9.17, 15) is 0 Å². The van der Waals surface area contributed by atoms with Gasteiger partial charge in [0.2, 0.25) is 0 Å². The molecule has 1 unspecified atom stereocenters. The zero-order valence-electron chi connectivity index (χ0n) is 6.60. The van der Waals surface area contributed by atoms with Crippen LogP contribution in [0.15, 0.2) is 5.11 Å². The second-order valence-electron chi connectivity index (χ2n) is 2.15. The normalized spacial score (nSPS) is 12.2. The Labute approximate surface area is 65.6 Å². The molecule has 0 radical (unpaired) electrons. The van der Waals surface area contributed by atoms with Crippen LogP contribution in [0.3, 0.4) is 0 Å². The molecule has 0 aromatic heterocycles. The summed E-state index contributed by atoms with van der Waals surface area (Å²) in [6, 6.07) is 0. The van der Waals surface area contributed by atoms with E-state index in [4.69, 9.17) is 15.4 Å². The van der Waals surface area contributed by atoms with Gasteiger partial charge in [-0.1, -0.05) is 5.11 Å². The number of hydrogen-bond acceptors (Lipinski definition) is 3. The standard InChI is InChI=1S/C6H13N3O2/c1-6(2-4-10)11-5-3-8-9-7/h6,10H,2-5H2,1H3. The molecule has 64 valence electrons. The Morgan fingerprint density at radius 2 is 2.45 bits per heavy atom. The number of ether oxygens (including phenoxy) is 1. The molecule has 0 rings (SSSR count). The lowest BCUT2D eigenvalue weighted by Crippen LogP contribution is -2.12. The van der Waals surface area contributed by atoms with E-state index in [2.05, 4.69) is 10.0 Å². The van der Waals surface area contributed by atoms with Crippen LogP contribution in [0.25, 0.3) is 10.4 Å². The average molecular weight is 159 g/mol. The van der Waals surface area contributed by atoms with Crippen molar-refractivity contribution in [3.05, 3.63) is 10.4 Å². The van der Waals surface area contributed by atoms with E-state index in [0.29, 0.717) is 19.6 Å². The second-order valence-corrected chi connectivity index (χ2v) is 2.15. The average Bonchev–Trinajstić information content (AvgIpc) is 1.99. The van der Waals surface area contributed by atoms with Gasteiger partial charge in [0.25, 0.3) is 0 Å². The Morgan fingerprint density at radius 1 is 1.73 bits per heavy atom. The molecule has 5 heteroatoms. The maximum atomic E-state index is 8.48. The number of rotatable bonds is 6. The van der Waals surface area contributed by atoms with E-state index < -0.39 is 0 Å². The fourth-order valence-electron chi connectivity index (χ4n) is 0.605. The summed E-state index contributed by atoms with van der Waals surface area (Å²) in [7, 11) is 0. The minimum atomic E-state index is 0.0360. The number of hydrogen-bond donors (Lipinski definition) is 1. The maximum Gasteiger partial charge on any atom is 0.0568 e. The lowest BCUT2D eigenvalue weighted by molar-refractivity contribution is 0.0531. The SMILES string of the molecule is CC(CCO)OCCN=[N+]=[N-]. The first-order chi connectivity index (χ1) is 5.31. The Balaban J connectivity index is 3.16. The predicted molar refractivity (Wildman–Crippen MR) is 41.1 cm³/mol. The van der Waals surface area contributed by atoms with Crippen molar-refractivity contribution < 1.29 is 9.84 Å². The highest BCUT2D eigenvalue weighted by Crippen LogP contribution is 1.95. The molecule has 5 nitrogen and oxygen atoms in total. The van der Waals surface area contributed by atoms with Crippen molar-refractivity contribution in [1.82, 2.24) is 0 Å². The van der Waals surface area contributed by atoms with Crippen LogP contribution < -0.4 is 0 Å². The fraction of sp³-hybridized carbons (Fsp3) is 1.00. The van der Waals surface area contributed by atoms with Gasteiger partial charge in [-0.05, 0) is 18.9 Å². The van der Waals surface area contributed by atoms with E-state index in [1.807, 2.05) is 6.92 Å². The van der Waals surface area contributed by atoms with Gasteiger partial charge < -0.3 is 9.84 Å². The Morgan fingerprint density at radius 3 is 3.00 bits per heavy atom. The van der Waals surface area contributed by atoms with Crippen LogP contribution in [0.5, 0.6) is 0 Å². The third-order valence-corrected chi connectivity index (χ3v) is 1.19. The molecule has 0 bridgehead atoms. The van der Waals surface area contributed by atoms with Gasteiger partial charge in [-0.15, -0.1) is 0 Å². The smallest absolute Gasteiger partial charge is 0.0568 e. The van der Waals surface area contributed by atoms with Crippen molar-refractivity contribution in [1.29, 1.82) is 0 Å². The van der Waals surface area contributed by atoms with Gasteiger partial charge in [0.05, 0.1) is 12.7 Å². The molecule has 0 aromatic rings. The predicted octanol–water partition coefficient (Wildman–Crippen LogP) is 1.08. The summed E-state index contributed by atoms with van der Waals surface area (Å²) >= 11 is 0. The molecular weight excluding hydrogens is 146 g/mol. The Bertz CT molecular complexity index is 134. The highest BCUT2D eigenvalue weighted by molar-refractivity contribution is 4.50. The van der Waals surface area contributed by atoms with Crippen molar-refractivity contribution in [3.63, 3.8) is 0 Å². The van der Waals surface area contributed by atoms with Crippen LogP contribution in [-0.4, -0.2) is 31.0 Å². The van der Waals surface area contributed by atoms with Gasteiger partial charge in [0, 0.05) is 18.1 Å². The van der Waals surface area contributed by atoms with Crippen LogP contribution in [0.1, 0.15) is 13.3 Å². The van der Waals surface area contributed by atoms with Crippen molar-refractivity contribution in [2.45, 2.75) is 19.4 Å². The molecule has 1 N–H and O–H groups in total. The van der Waals surface area contributed by atoms with Gasteiger partial charge >= 0.3 is 0 Å². The highest BCUT2D eigenvalue weighted by Gasteiger charge is 1.98. The van der Waals surface area contributed by atoms with Crippen LogP contribution in [0.2, 0.25) is 0 Å². The largest absolute Gasteiger partial charge is 0.396 e. The van der Waals surface area contributed by atoms with Crippen molar-refractivity contribution in [2.24, 2.45) is 5.11 Å². The van der Waals surface area contributed by atoms with Crippen LogP contribution in [0.4, 0.5) is 0 Å². The van der Waals surface area contributed by atoms with E-state index in [1.54, 1.807) is 0 Å². The molecule has 0 saturated heterocycles. The molecule has 0 spiro atoms. The Kier molecular flexibility index (Phi) is 6.82. The van der Waals surface area contributed by atoms with E-state index in [1.165, 1.54) is 0 Å². The van der Waals surface area contributed by atoms with E-state index >= 15 is 0 Å². The quantitative estimate of drug-likeness (QED) is 0.272. The van der Waals surface area contributed by atoms with Gasteiger partial charge in [0.15, 0.2) is 0 Å². The molecule has 0 fully saturated rings. The molecule has 0 aliphatic carbocycles. The topological polar surface area (TPSA) is 78.2 Å². The second kappa shape index (κ2) is 7.34. The third kappa shape index (κ3) is 7.12. The zero-order chi connectivity index (χ0) is 8.53. The molecule has 0 aliphatic rings. The first kappa shape index (κ1) is 10.2. The summed E-state index contributed by atoms with van der Waals surface area (Å²) in [5, 5.41) is 11.8. The zero-order valence-corrected chi connectivity index (χ0v) is 6.60. The summed E-state index contributed by atoms with van der Waals surface area (Å²) in [6.45, 7) is 2.77. The van der Waals surface area contributed by atoms with Crippen molar-refractivity contribution in [3.8, 4) is 0 Å². The number of aliphatic hydroxyl groups excluding tert-OH is 1. The van der Waals surface area contributed by atoms with Gasteiger partial charge in [-0.25, -0.2) is 0 Å². The minimum absolute atomic E-state index is 0.0360. The van der Waals surface area contributed by atoms with Crippen molar-refractivity contribution in [2.75, 3.05) is 19.8 Å². The molecule has 11 heavy (non-hydrogen) atoms. The third-order valence-electron chi connectivity index (χ3n) is 1.19. The Hall–Kier alpha value is -0.770. The minimum Gasteiger partial charge on any atom is -0.396 e. The molecule has 0 saturated carbocycles. The first-order valence-electron chi connectivity index (χ1n) is 3.54. The molecule has 0 aromatic carbocycles. The van der Waals surface area contributed by atoms with E-state index in [0.717, 1.165) is 0 Å². The van der Waals surface area contributed by atoms with Gasteiger partial charge in [-0.2, -0.15) is 0 Å². The fourth-order valence-corrected chi connectivity index (χ4v) is 0.605. The summed E-state index contributed by atoms with van der Waals surface area (Å²) < 4.78 is 5.16. The molecule has 1 atom stereocenters. The van der Waals surface area contributed by atoms with Crippen LogP contribution >= 0.6 is 0 Å². The lowest BCUT2D eigenvalue weighted by atomic mass is 10.3. The van der Waals surface area contributed by atoms with Crippen LogP contribution in [0, 0.1) is 0 Å². The monoisotopic (exact) mass is 159 g/mol. The maximum absolute atomic E-state index is 8.48. The summed E-state index contributed by atoms with van der Waals surface area (Å²) in [6.07, 6.45) is 0.657. The number of azide groups is 1. The molecule has 0 heterocycles.